The van der Waals surface area contributed by atoms with Gasteiger partial charge in [0.25, 0.3) is 0 Å². The molecule has 1 heterocycles. The summed E-state index contributed by atoms with van der Waals surface area (Å²) in [5, 5.41) is 39.8. The Morgan fingerprint density at radius 2 is 1.14 bits per heavy atom. The molecule has 1 aliphatic heterocycles. The second-order valence-electron chi connectivity index (χ2n) is 12.3. The van der Waals surface area contributed by atoms with Crippen molar-refractivity contribution in [2.45, 2.75) is 185 Å². The first-order chi connectivity index (χ1) is 20.9. The fourth-order valence-electron chi connectivity index (χ4n) is 5.43. The van der Waals surface area contributed by atoms with Crippen molar-refractivity contribution < 1.29 is 44.2 Å². The largest absolute Gasteiger partial charge is 0.457 e. The van der Waals surface area contributed by atoms with Crippen molar-refractivity contribution in [3.8, 4) is 0 Å². The van der Waals surface area contributed by atoms with E-state index >= 15 is 0 Å². The second-order valence-corrected chi connectivity index (χ2v) is 12.3. The second kappa shape index (κ2) is 27.5. The third-order valence-corrected chi connectivity index (χ3v) is 8.27. The molecule has 0 spiro atoms. The molecule has 1 saturated heterocycles. The molecule has 1 fully saturated rings. The summed E-state index contributed by atoms with van der Waals surface area (Å²) in [6.45, 7) is 4.53. The van der Waals surface area contributed by atoms with Crippen LogP contribution in [0.5, 0.6) is 0 Å². The first kappa shape index (κ1) is 40.2. The monoisotopic (exact) mass is 618 g/mol. The topological polar surface area (TPSA) is 135 Å². The number of hydrogen-bond acceptors (Lipinski definition) is 9. The predicted molar refractivity (Wildman–Crippen MR) is 169 cm³/mol. The Labute approximate surface area is 262 Å². The molecule has 0 bridgehead atoms. The number of ether oxygens (including phenoxy) is 4. The van der Waals surface area contributed by atoms with Crippen LogP contribution in [-0.2, 0) is 23.7 Å². The number of esters is 1. The Morgan fingerprint density at radius 3 is 1.65 bits per heavy atom. The summed E-state index contributed by atoms with van der Waals surface area (Å²) in [7, 11) is 0. The van der Waals surface area contributed by atoms with Crippen molar-refractivity contribution >= 4 is 5.97 Å². The van der Waals surface area contributed by atoms with Gasteiger partial charge < -0.3 is 39.4 Å². The molecule has 0 aliphatic carbocycles. The summed E-state index contributed by atoms with van der Waals surface area (Å²) in [4.78, 5) is 12.6. The maximum absolute atomic E-state index is 12.6. The van der Waals surface area contributed by atoms with E-state index in [0.717, 1.165) is 32.1 Å². The molecule has 1 rings (SSSR count). The molecule has 4 N–H and O–H groups in total. The molecule has 9 heteroatoms. The Bertz CT molecular complexity index is 633. The minimum atomic E-state index is -1.53. The lowest BCUT2D eigenvalue weighted by Gasteiger charge is -2.39. The van der Waals surface area contributed by atoms with Crippen molar-refractivity contribution in [1.29, 1.82) is 0 Å². The maximum atomic E-state index is 12.6. The molecule has 1 aliphatic rings. The van der Waals surface area contributed by atoms with E-state index < -0.39 is 43.4 Å². The summed E-state index contributed by atoms with van der Waals surface area (Å²) < 4.78 is 22.6. The first-order valence-electron chi connectivity index (χ1n) is 17.6. The lowest BCUT2D eigenvalue weighted by atomic mass is 9.99. The quantitative estimate of drug-likeness (QED) is 0.0591. The summed E-state index contributed by atoms with van der Waals surface area (Å²) in [6.07, 6.45) is 17.0. The van der Waals surface area contributed by atoms with Crippen molar-refractivity contribution in [1.82, 2.24) is 0 Å². The van der Waals surface area contributed by atoms with E-state index in [2.05, 4.69) is 13.8 Å². The van der Waals surface area contributed by atoms with Crippen molar-refractivity contribution in [2.75, 3.05) is 26.4 Å². The summed E-state index contributed by atoms with van der Waals surface area (Å²) in [5.41, 5.74) is 0. The zero-order valence-electron chi connectivity index (χ0n) is 27.5. The molecule has 0 aromatic carbocycles. The highest BCUT2D eigenvalue weighted by molar-refractivity contribution is 5.69. The van der Waals surface area contributed by atoms with Crippen LogP contribution in [0.3, 0.4) is 0 Å². The highest BCUT2D eigenvalue weighted by Crippen LogP contribution is 2.22. The first-order valence-corrected chi connectivity index (χ1v) is 17.6. The van der Waals surface area contributed by atoms with E-state index in [0.29, 0.717) is 13.0 Å². The number of aliphatic hydroxyl groups excluding tert-OH is 4. The number of aliphatic hydroxyl groups is 4. The van der Waals surface area contributed by atoms with E-state index in [1.807, 2.05) is 0 Å². The van der Waals surface area contributed by atoms with Gasteiger partial charge in [-0.05, 0) is 12.8 Å². The normalized spacial score (nSPS) is 23.0. The molecule has 0 saturated carbocycles. The van der Waals surface area contributed by atoms with Crippen molar-refractivity contribution in [2.24, 2.45) is 0 Å². The lowest BCUT2D eigenvalue weighted by molar-refractivity contribution is -0.305. The van der Waals surface area contributed by atoms with Gasteiger partial charge in [0.15, 0.2) is 6.29 Å². The van der Waals surface area contributed by atoms with Gasteiger partial charge in [-0.3, -0.25) is 4.79 Å². The van der Waals surface area contributed by atoms with Gasteiger partial charge in [0.05, 0.1) is 19.8 Å². The Kier molecular flexibility index (Phi) is 25.7. The highest BCUT2D eigenvalue weighted by atomic mass is 16.7. The molecular weight excluding hydrogens is 552 g/mol. The molecular formula is C34H66O9. The van der Waals surface area contributed by atoms with E-state index in [1.54, 1.807) is 0 Å². The van der Waals surface area contributed by atoms with Gasteiger partial charge in [0.1, 0.15) is 30.5 Å². The molecule has 6 atom stereocenters. The molecule has 6 unspecified atom stereocenters. The van der Waals surface area contributed by atoms with Gasteiger partial charge in [-0.2, -0.15) is 0 Å². The van der Waals surface area contributed by atoms with Gasteiger partial charge in [-0.15, -0.1) is 0 Å². The van der Waals surface area contributed by atoms with Crippen LogP contribution in [0.15, 0.2) is 0 Å². The third-order valence-electron chi connectivity index (χ3n) is 8.27. The van der Waals surface area contributed by atoms with Crippen LogP contribution < -0.4 is 0 Å². The van der Waals surface area contributed by atoms with E-state index in [4.69, 9.17) is 18.9 Å². The molecule has 9 nitrogen and oxygen atoms in total. The van der Waals surface area contributed by atoms with Crippen LogP contribution in [0.2, 0.25) is 0 Å². The van der Waals surface area contributed by atoms with Gasteiger partial charge >= 0.3 is 5.97 Å². The number of hydrogen-bond donors (Lipinski definition) is 4. The predicted octanol–water partition coefficient (Wildman–Crippen LogP) is 5.96. The highest BCUT2D eigenvalue weighted by Gasteiger charge is 2.44. The van der Waals surface area contributed by atoms with Gasteiger partial charge in [-0.1, -0.05) is 129 Å². The molecule has 256 valence electrons. The molecule has 0 aromatic heterocycles. The van der Waals surface area contributed by atoms with Gasteiger partial charge in [0.2, 0.25) is 0 Å². The fourth-order valence-corrected chi connectivity index (χ4v) is 5.43. The standard InChI is InChI=1S/C34H66O9/c1-3-5-7-9-11-13-14-16-18-20-22-24-40-26-28(27-41-34-33(39)32(38)31(37)29(25-35)43-34)42-30(36)23-21-19-17-15-12-10-8-6-4-2/h28-29,31-35,37-39H,3-27H2,1-2H3. The lowest BCUT2D eigenvalue weighted by Crippen LogP contribution is -2.59. The van der Waals surface area contributed by atoms with Crippen LogP contribution in [-0.4, -0.2) is 89.6 Å². The minimum Gasteiger partial charge on any atom is -0.457 e. The summed E-state index contributed by atoms with van der Waals surface area (Å²) >= 11 is 0. The maximum Gasteiger partial charge on any atom is 0.306 e. The van der Waals surface area contributed by atoms with Gasteiger partial charge in [-0.25, -0.2) is 0 Å². The fraction of sp³-hybridized carbons (Fsp3) is 0.971. The average Bonchev–Trinajstić information content (AvgIpc) is 3.00. The van der Waals surface area contributed by atoms with Crippen LogP contribution >= 0.6 is 0 Å². The van der Waals surface area contributed by atoms with Crippen LogP contribution in [0, 0.1) is 0 Å². The molecule has 0 aromatic rings. The number of unbranched alkanes of at least 4 members (excludes halogenated alkanes) is 18. The van der Waals surface area contributed by atoms with Crippen molar-refractivity contribution in [3.05, 3.63) is 0 Å². The van der Waals surface area contributed by atoms with Gasteiger partial charge in [0, 0.05) is 13.0 Å². The zero-order valence-corrected chi connectivity index (χ0v) is 27.5. The number of carbonyl (C=O) groups is 1. The summed E-state index contributed by atoms with van der Waals surface area (Å²) in [5.74, 6) is -0.316. The van der Waals surface area contributed by atoms with E-state index in [-0.39, 0.29) is 19.2 Å². The Hall–Kier alpha value is -0.810. The van der Waals surface area contributed by atoms with E-state index in [9.17, 15) is 25.2 Å². The SMILES string of the molecule is CCCCCCCCCCCCCOCC(COC1OC(CO)C(O)C(O)C1O)OC(=O)CCCCCCCCCCC. The molecule has 0 radical (unpaired) electrons. The minimum absolute atomic E-state index is 0.107. The third kappa shape index (κ3) is 20.0. The summed E-state index contributed by atoms with van der Waals surface area (Å²) in [6, 6.07) is 0. The van der Waals surface area contributed by atoms with E-state index in [1.165, 1.54) is 96.3 Å². The molecule has 0 amide bonds. The molecule has 43 heavy (non-hydrogen) atoms. The zero-order chi connectivity index (χ0) is 31.5. The average molecular weight is 619 g/mol. The van der Waals surface area contributed by atoms with Crippen LogP contribution in [0.1, 0.15) is 149 Å². The number of rotatable bonds is 29. The van der Waals surface area contributed by atoms with Crippen LogP contribution in [0.4, 0.5) is 0 Å². The van der Waals surface area contributed by atoms with Crippen LogP contribution in [0.25, 0.3) is 0 Å². The number of carbonyl (C=O) groups excluding carboxylic acids is 1. The van der Waals surface area contributed by atoms with Crippen molar-refractivity contribution in [3.63, 3.8) is 0 Å². The Balaban J connectivity index is 2.36. The smallest absolute Gasteiger partial charge is 0.306 e. The Morgan fingerprint density at radius 1 is 0.651 bits per heavy atom.